The average molecular weight is 729 g/mol. The second-order valence-electron chi connectivity index (χ2n) is 15.8. The molecule has 0 radical (unpaired) electrons. The molecule has 11 rings (SSSR count). The maximum Gasteiger partial charge on any atom is 0.0372 e. The lowest BCUT2D eigenvalue weighted by atomic mass is 9.84. The minimum Gasteiger partial charge on any atom is -0.372 e. The molecule has 8 aromatic carbocycles. The van der Waals surface area contributed by atoms with Gasteiger partial charge in [-0.3, -0.25) is 0 Å². The molecule has 3 heteroatoms. The van der Waals surface area contributed by atoms with Crippen molar-refractivity contribution in [3.8, 4) is 27.6 Å². The summed E-state index contributed by atoms with van der Waals surface area (Å²) >= 11 is 0. The van der Waals surface area contributed by atoms with Gasteiger partial charge in [0.2, 0.25) is 0 Å². The Kier molecular flexibility index (Phi) is 8.14. The third-order valence-corrected chi connectivity index (χ3v) is 15.1. The number of fused-ring (bicyclic) bond motifs is 6. The fourth-order valence-corrected chi connectivity index (χ4v) is 12.5. The summed E-state index contributed by atoms with van der Waals surface area (Å²) in [4.78, 5) is 5.25. The average Bonchev–Trinajstić information content (AvgIpc) is 3.59. The van der Waals surface area contributed by atoms with Gasteiger partial charge in [-0.15, -0.1) is 0 Å². The summed E-state index contributed by atoms with van der Waals surface area (Å²) in [6, 6.07) is 58.4. The largest absolute Gasteiger partial charge is 0.372 e. The molecule has 0 bridgehead atoms. The van der Waals surface area contributed by atoms with Gasteiger partial charge in [0.15, 0.2) is 0 Å². The van der Waals surface area contributed by atoms with E-state index in [4.69, 9.17) is 0 Å². The van der Waals surface area contributed by atoms with Crippen molar-refractivity contribution in [3.63, 3.8) is 0 Å². The number of benzene rings is 8. The molecule has 3 heterocycles. The second-order valence-corrected chi connectivity index (χ2v) is 17.9. The van der Waals surface area contributed by atoms with Crippen LogP contribution >= 0.6 is 7.53 Å². The standard InChI is InChI=1S/C52H45N2P/c1-4-17-40(18-5-1)55-49-22-9-8-20-42(49)46-33-37(23-28-50(46)55)51-44-26-24-39(54-31-12-3-13-32-54)35-48(44)52(43-21-14-16-36-15-6-7-19-41(36)43)45-27-25-38(34-47(45)51)53-29-10-2-11-30-53/h1,4-9,14-28,33-35H,2-3,10-13,29-32H2. The number of hydrogen-bond donors (Lipinski definition) is 0. The van der Waals surface area contributed by atoms with E-state index < -0.39 is 7.53 Å². The van der Waals surface area contributed by atoms with Gasteiger partial charge in [0.05, 0.1) is 0 Å². The first-order valence-electron chi connectivity index (χ1n) is 20.4. The third-order valence-electron chi connectivity index (χ3n) is 12.6. The Morgan fingerprint density at radius 2 is 0.945 bits per heavy atom. The van der Waals surface area contributed by atoms with Crippen molar-refractivity contribution in [2.75, 3.05) is 36.0 Å². The Morgan fingerprint density at radius 1 is 0.364 bits per heavy atom. The molecule has 0 N–H and O–H groups in total. The van der Waals surface area contributed by atoms with E-state index in [0.717, 1.165) is 26.2 Å². The quantitative estimate of drug-likeness (QED) is 0.163. The predicted molar refractivity (Wildman–Crippen MR) is 241 cm³/mol. The van der Waals surface area contributed by atoms with Crippen LogP contribution in [0.25, 0.3) is 80.9 Å². The van der Waals surface area contributed by atoms with Crippen LogP contribution in [-0.4, -0.2) is 26.2 Å². The first-order chi connectivity index (χ1) is 27.3. The molecular formula is C52H45N2P. The molecule has 0 amide bonds. The van der Waals surface area contributed by atoms with Crippen LogP contribution in [0.4, 0.5) is 11.4 Å². The van der Waals surface area contributed by atoms with E-state index in [9.17, 15) is 0 Å². The molecule has 268 valence electrons. The molecule has 55 heavy (non-hydrogen) atoms. The van der Waals surface area contributed by atoms with Gasteiger partial charge < -0.3 is 9.80 Å². The van der Waals surface area contributed by atoms with Gasteiger partial charge >= 0.3 is 0 Å². The minimum atomic E-state index is -0.613. The van der Waals surface area contributed by atoms with Crippen LogP contribution in [0, 0.1) is 0 Å². The highest BCUT2D eigenvalue weighted by molar-refractivity contribution is 7.67. The van der Waals surface area contributed by atoms with E-state index in [2.05, 4.69) is 161 Å². The first kappa shape index (κ1) is 32.8. The summed E-state index contributed by atoms with van der Waals surface area (Å²) in [5.74, 6) is 0. The van der Waals surface area contributed by atoms with Gasteiger partial charge in [0.1, 0.15) is 0 Å². The van der Waals surface area contributed by atoms with E-state index in [0.29, 0.717) is 0 Å². The molecule has 1 aromatic heterocycles. The fourth-order valence-electron chi connectivity index (χ4n) is 9.93. The summed E-state index contributed by atoms with van der Waals surface area (Å²) in [7, 11) is -0.613. The molecule has 2 nitrogen and oxygen atoms in total. The lowest BCUT2D eigenvalue weighted by Crippen LogP contribution is -2.29. The topological polar surface area (TPSA) is 6.48 Å². The van der Waals surface area contributed by atoms with Crippen LogP contribution in [0.5, 0.6) is 0 Å². The maximum absolute atomic E-state index is 2.62. The van der Waals surface area contributed by atoms with E-state index in [1.165, 1.54) is 131 Å². The molecule has 2 fully saturated rings. The molecule has 1 atom stereocenters. The highest BCUT2D eigenvalue weighted by atomic mass is 31.1. The Hall–Kier alpha value is -5.56. The molecule has 0 aliphatic carbocycles. The van der Waals surface area contributed by atoms with Crippen LogP contribution < -0.4 is 9.80 Å². The van der Waals surface area contributed by atoms with Crippen molar-refractivity contribution >= 4 is 72.2 Å². The highest BCUT2D eigenvalue weighted by Crippen LogP contribution is 2.56. The van der Waals surface area contributed by atoms with Crippen molar-refractivity contribution in [3.05, 3.63) is 152 Å². The van der Waals surface area contributed by atoms with Crippen molar-refractivity contribution in [2.24, 2.45) is 0 Å². The lowest BCUT2D eigenvalue weighted by Gasteiger charge is -2.30. The monoisotopic (exact) mass is 728 g/mol. The Labute approximate surface area is 324 Å². The zero-order valence-corrected chi connectivity index (χ0v) is 32.2. The summed E-state index contributed by atoms with van der Waals surface area (Å²) in [5.41, 5.74) is 8.03. The lowest BCUT2D eigenvalue weighted by molar-refractivity contribution is 0.578. The summed E-state index contributed by atoms with van der Waals surface area (Å²) in [5, 5.41) is 15.1. The summed E-state index contributed by atoms with van der Waals surface area (Å²) < 4.78 is 0. The summed E-state index contributed by atoms with van der Waals surface area (Å²) in [6.45, 7) is 4.51. The molecular weight excluding hydrogens is 684 g/mol. The normalized spacial score (nSPS) is 15.5. The SMILES string of the molecule is c1ccc(-p2c3ccccc3c3cc(-c4c5cc(N6CCCCC6)ccc5c(-c5cccc6ccccc56)c5cc(N6CCCCC6)ccc45)ccc32)cc1. The Balaban J connectivity index is 1.25. The Bertz CT molecular complexity index is 2890. The molecule has 0 saturated carbocycles. The van der Waals surface area contributed by atoms with Crippen LogP contribution in [0.3, 0.4) is 0 Å². The van der Waals surface area contributed by atoms with Gasteiger partial charge in [-0.1, -0.05) is 123 Å². The number of anilines is 2. The van der Waals surface area contributed by atoms with E-state index >= 15 is 0 Å². The van der Waals surface area contributed by atoms with Crippen LogP contribution in [0.15, 0.2) is 152 Å². The van der Waals surface area contributed by atoms with Crippen molar-refractivity contribution in [2.45, 2.75) is 38.5 Å². The number of nitrogens with zero attached hydrogens (tertiary/aromatic N) is 2. The molecule has 2 aliphatic rings. The number of hydrogen-bond acceptors (Lipinski definition) is 2. The van der Waals surface area contributed by atoms with Crippen molar-refractivity contribution in [1.29, 1.82) is 0 Å². The highest BCUT2D eigenvalue weighted by Gasteiger charge is 2.23. The van der Waals surface area contributed by atoms with E-state index in [1.807, 2.05) is 0 Å². The first-order valence-corrected chi connectivity index (χ1v) is 21.7. The molecule has 9 aromatic rings. The molecule has 0 spiro atoms. The van der Waals surface area contributed by atoms with Gasteiger partial charge in [-0.25, -0.2) is 0 Å². The van der Waals surface area contributed by atoms with Crippen LogP contribution in [0.2, 0.25) is 0 Å². The minimum absolute atomic E-state index is 0.613. The number of piperidine rings is 2. The van der Waals surface area contributed by atoms with Gasteiger partial charge in [-0.2, -0.15) is 0 Å². The molecule has 2 saturated heterocycles. The van der Waals surface area contributed by atoms with Gasteiger partial charge in [0.25, 0.3) is 0 Å². The molecule has 2 aliphatic heterocycles. The van der Waals surface area contributed by atoms with Gasteiger partial charge in [0, 0.05) is 47.8 Å². The maximum atomic E-state index is 2.62. The Morgan fingerprint density at radius 3 is 1.67 bits per heavy atom. The third kappa shape index (κ3) is 5.53. The van der Waals surface area contributed by atoms with Crippen molar-refractivity contribution in [1.82, 2.24) is 0 Å². The van der Waals surface area contributed by atoms with Crippen molar-refractivity contribution < 1.29 is 0 Å². The van der Waals surface area contributed by atoms with Gasteiger partial charge in [-0.05, 0) is 146 Å². The van der Waals surface area contributed by atoms with E-state index in [1.54, 1.807) is 0 Å². The summed E-state index contributed by atoms with van der Waals surface area (Å²) in [6.07, 6.45) is 7.70. The second kappa shape index (κ2) is 13.6. The molecule has 1 unspecified atom stereocenters. The predicted octanol–water partition coefficient (Wildman–Crippen LogP) is 14.7. The van der Waals surface area contributed by atoms with Crippen LogP contribution in [-0.2, 0) is 0 Å². The van der Waals surface area contributed by atoms with E-state index in [-0.39, 0.29) is 0 Å². The number of rotatable bonds is 5. The fraction of sp³-hybridized carbons (Fsp3) is 0.192. The zero-order chi connectivity index (χ0) is 36.3. The van der Waals surface area contributed by atoms with Crippen LogP contribution in [0.1, 0.15) is 38.5 Å². The smallest absolute Gasteiger partial charge is 0.0372 e. The zero-order valence-electron chi connectivity index (χ0n) is 31.3.